The quantitative estimate of drug-likeness (QED) is 0.790. The van der Waals surface area contributed by atoms with Crippen molar-refractivity contribution in [1.29, 1.82) is 0 Å². The third kappa shape index (κ3) is 3.20. The molecule has 0 bridgehead atoms. The molecule has 2 aliphatic rings. The predicted octanol–water partition coefficient (Wildman–Crippen LogP) is 5.32. The molecule has 136 valence electrons. The molecule has 0 spiro atoms. The van der Waals surface area contributed by atoms with Crippen molar-refractivity contribution >= 4 is 5.97 Å². The molecule has 4 heteroatoms. The molecule has 2 aliphatic carbocycles. The van der Waals surface area contributed by atoms with Crippen LogP contribution >= 0.6 is 0 Å². The van der Waals surface area contributed by atoms with Gasteiger partial charge in [-0.3, -0.25) is 4.79 Å². The summed E-state index contributed by atoms with van der Waals surface area (Å²) in [6, 6.07) is 12.3. The number of carboxylic acids is 1. The van der Waals surface area contributed by atoms with Crippen LogP contribution in [0.2, 0.25) is 0 Å². The Labute approximate surface area is 152 Å². The second kappa shape index (κ2) is 6.75. The number of ether oxygens (including phenoxy) is 1. The van der Waals surface area contributed by atoms with E-state index in [1.165, 1.54) is 25.3 Å². The maximum atomic E-state index is 14.6. The third-order valence-electron chi connectivity index (χ3n) is 5.70. The van der Waals surface area contributed by atoms with E-state index in [0.717, 1.165) is 24.2 Å². The first-order valence-electron chi connectivity index (χ1n) is 9.39. The molecular formula is C22H23FO3. The number of carbonyl (C=O) groups is 1. The van der Waals surface area contributed by atoms with Crippen LogP contribution in [0.1, 0.15) is 50.5 Å². The van der Waals surface area contributed by atoms with Crippen molar-refractivity contribution in [3.05, 3.63) is 53.8 Å². The van der Waals surface area contributed by atoms with Crippen LogP contribution in [-0.4, -0.2) is 17.2 Å². The van der Waals surface area contributed by atoms with Gasteiger partial charge in [0.25, 0.3) is 0 Å². The Morgan fingerprint density at radius 1 is 1.04 bits per heavy atom. The Hall–Kier alpha value is -2.36. The number of halogens is 1. The smallest absolute Gasteiger partial charge is 0.314 e. The minimum atomic E-state index is -0.878. The Balaban J connectivity index is 1.51. The van der Waals surface area contributed by atoms with Crippen molar-refractivity contribution in [1.82, 2.24) is 0 Å². The Bertz CT molecular complexity index is 803. The average Bonchev–Trinajstić information content (AvgIpc) is 3.46. The molecule has 2 aromatic carbocycles. The van der Waals surface area contributed by atoms with Gasteiger partial charge in [-0.1, -0.05) is 30.7 Å². The number of rotatable bonds is 5. The van der Waals surface area contributed by atoms with Crippen LogP contribution in [0.3, 0.4) is 0 Å². The van der Waals surface area contributed by atoms with Gasteiger partial charge < -0.3 is 9.84 Å². The lowest BCUT2D eigenvalue weighted by Gasteiger charge is -2.23. The summed E-state index contributed by atoms with van der Waals surface area (Å²) in [6.45, 7) is 0. The summed E-state index contributed by atoms with van der Waals surface area (Å²) < 4.78 is 20.6. The number of aliphatic carboxylic acids is 1. The van der Waals surface area contributed by atoms with Gasteiger partial charge in [-0.15, -0.1) is 0 Å². The number of benzene rings is 2. The molecule has 0 saturated heterocycles. The van der Waals surface area contributed by atoms with E-state index in [4.69, 9.17) is 4.74 Å². The molecule has 0 radical (unpaired) electrons. The maximum Gasteiger partial charge on any atom is 0.314 e. The van der Waals surface area contributed by atoms with Gasteiger partial charge in [0, 0.05) is 5.56 Å². The zero-order valence-electron chi connectivity index (χ0n) is 14.7. The Kier molecular flexibility index (Phi) is 4.43. The lowest BCUT2D eigenvalue weighted by molar-refractivity contribution is -0.140. The molecule has 2 aromatic rings. The Morgan fingerprint density at radius 2 is 1.73 bits per heavy atom. The molecule has 0 amide bonds. The van der Waals surface area contributed by atoms with Gasteiger partial charge in [-0.05, 0) is 67.9 Å². The van der Waals surface area contributed by atoms with Gasteiger partial charge in [-0.2, -0.15) is 0 Å². The third-order valence-corrected chi connectivity index (χ3v) is 5.70. The molecular weight excluding hydrogens is 331 g/mol. The van der Waals surface area contributed by atoms with Crippen molar-refractivity contribution in [3.8, 4) is 16.9 Å². The standard InChI is InChI=1S/C22H23FO3/c23-20-14-16(22(12-13-22)21(24)25)8-11-19(20)15-6-9-18(10-7-15)26-17-4-2-1-3-5-17/h6-11,14,17H,1-5,12-13H2,(H,24,25). The van der Waals surface area contributed by atoms with Crippen molar-refractivity contribution < 1.29 is 19.0 Å². The number of carboxylic acid groups (broad SMARTS) is 1. The van der Waals surface area contributed by atoms with Gasteiger partial charge >= 0.3 is 5.97 Å². The largest absolute Gasteiger partial charge is 0.490 e. The summed E-state index contributed by atoms with van der Waals surface area (Å²) in [4.78, 5) is 11.4. The summed E-state index contributed by atoms with van der Waals surface area (Å²) in [6.07, 6.45) is 7.37. The fourth-order valence-electron chi connectivity index (χ4n) is 3.89. The van der Waals surface area contributed by atoms with Crippen LogP contribution in [-0.2, 0) is 10.2 Å². The van der Waals surface area contributed by atoms with Crippen LogP contribution in [0.25, 0.3) is 11.1 Å². The molecule has 2 saturated carbocycles. The second-order valence-corrected chi connectivity index (χ2v) is 7.48. The first kappa shape index (κ1) is 17.1. The minimum absolute atomic E-state index is 0.288. The van der Waals surface area contributed by atoms with Crippen LogP contribution < -0.4 is 4.74 Å². The molecule has 0 heterocycles. The monoisotopic (exact) mass is 354 g/mol. The molecule has 0 aromatic heterocycles. The zero-order chi connectivity index (χ0) is 18.1. The van der Waals surface area contributed by atoms with Crippen molar-refractivity contribution in [2.24, 2.45) is 0 Å². The number of hydrogen-bond donors (Lipinski definition) is 1. The van der Waals surface area contributed by atoms with Gasteiger partial charge in [0.15, 0.2) is 0 Å². The van der Waals surface area contributed by atoms with E-state index in [0.29, 0.717) is 24.0 Å². The van der Waals surface area contributed by atoms with Crippen molar-refractivity contribution in [2.45, 2.75) is 56.5 Å². The second-order valence-electron chi connectivity index (χ2n) is 7.48. The fourth-order valence-corrected chi connectivity index (χ4v) is 3.89. The molecule has 26 heavy (non-hydrogen) atoms. The fraction of sp³-hybridized carbons (Fsp3) is 0.409. The van der Waals surface area contributed by atoms with Gasteiger partial charge in [0.05, 0.1) is 11.5 Å². The van der Waals surface area contributed by atoms with E-state index in [2.05, 4.69) is 0 Å². The lowest BCUT2D eigenvalue weighted by Crippen LogP contribution is -2.19. The van der Waals surface area contributed by atoms with E-state index >= 15 is 0 Å². The summed E-state index contributed by atoms with van der Waals surface area (Å²) in [5.74, 6) is -0.426. The summed E-state index contributed by atoms with van der Waals surface area (Å²) >= 11 is 0. The normalized spacial score (nSPS) is 19.1. The minimum Gasteiger partial charge on any atom is -0.490 e. The van der Waals surface area contributed by atoms with E-state index in [1.54, 1.807) is 12.1 Å². The summed E-state index contributed by atoms with van der Waals surface area (Å²) in [5, 5.41) is 9.36. The van der Waals surface area contributed by atoms with Gasteiger partial charge in [0.1, 0.15) is 11.6 Å². The van der Waals surface area contributed by atoms with Gasteiger partial charge in [-0.25, -0.2) is 4.39 Å². The van der Waals surface area contributed by atoms with Crippen LogP contribution in [0.5, 0.6) is 5.75 Å². The molecule has 0 aliphatic heterocycles. The van der Waals surface area contributed by atoms with Crippen LogP contribution in [0.4, 0.5) is 4.39 Å². The first-order chi connectivity index (χ1) is 12.6. The Morgan fingerprint density at radius 3 is 2.31 bits per heavy atom. The van der Waals surface area contributed by atoms with E-state index < -0.39 is 11.4 Å². The molecule has 0 atom stereocenters. The predicted molar refractivity (Wildman–Crippen MR) is 97.9 cm³/mol. The average molecular weight is 354 g/mol. The summed E-state index contributed by atoms with van der Waals surface area (Å²) in [7, 11) is 0. The molecule has 2 fully saturated rings. The van der Waals surface area contributed by atoms with Crippen molar-refractivity contribution in [3.63, 3.8) is 0 Å². The SMILES string of the molecule is O=C(O)C1(c2ccc(-c3ccc(OC4CCCCC4)cc3)c(F)c2)CC1. The van der Waals surface area contributed by atoms with Crippen LogP contribution in [0, 0.1) is 5.82 Å². The first-order valence-corrected chi connectivity index (χ1v) is 9.39. The van der Waals surface area contributed by atoms with Crippen molar-refractivity contribution in [2.75, 3.05) is 0 Å². The maximum absolute atomic E-state index is 14.6. The highest BCUT2D eigenvalue weighted by molar-refractivity contribution is 5.85. The highest BCUT2D eigenvalue weighted by atomic mass is 19.1. The molecule has 3 nitrogen and oxygen atoms in total. The van der Waals surface area contributed by atoms with Crippen LogP contribution in [0.15, 0.2) is 42.5 Å². The molecule has 0 unspecified atom stereocenters. The van der Waals surface area contributed by atoms with E-state index in [1.807, 2.05) is 24.3 Å². The lowest BCUT2D eigenvalue weighted by atomic mass is 9.93. The number of hydrogen-bond acceptors (Lipinski definition) is 2. The highest BCUT2D eigenvalue weighted by Gasteiger charge is 2.51. The van der Waals surface area contributed by atoms with Gasteiger partial charge in [0.2, 0.25) is 0 Å². The van der Waals surface area contributed by atoms with E-state index in [-0.39, 0.29) is 11.9 Å². The zero-order valence-corrected chi connectivity index (χ0v) is 14.7. The molecule has 4 rings (SSSR count). The topological polar surface area (TPSA) is 46.5 Å². The van der Waals surface area contributed by atoms with E-state index in [9.17, 15) is 14.3 Å². The summed E-state index contributed by atoms with van der Waals surface area (Å²) in [5.41, 5.74) is 0.935. The highest BCUT2D eigenvalue weighted by Crippen LogP contribution is 2.49. The molecule has 1 N–H and O–H groups in total.